The lowest BCUT2D eigenvalue weighted by atomic mass is 10.1. The Morgan fingerprint density at radius 2 is 2.00 bits per heavy atom. The first-order valence-corrected chi connectivity index (χ1v) is 10.7. The molecular weight excluding hydrogens is 413 g/mol. The van der Waals surface area contributed by atoms with E-state index in [1.165, 1.54) is 26.0 Å². The van der Waals surface area contributed by atoms with Gasteiger partial charge in [0.15, 0.2) is 0 Å². The summed E-state index contributed by atoms with van der Waals surface area (Å²) >= 11 is 3.46. The Morgan fingerprint density at radius 1 is 1.14 bits per heavy atom. The summed E-state index contributed by atoms with van der Waals surface area (Å²) in [5.41, 5.74) is 1.18. The summed E-state index contributed by atoms with van der Waals surface area (Å²) in [5, 5.41) is 2.14. The number of hydrogen-bond donors (Lipinski definition) is 0. The van der Waals surface area contributed by atoms with Crippen molar-refractivity contribution in [2.75, 3.05) is 33.9 Å². The Labute approximate surface area is 179 Å². The molecule has 0 bridgehead atoms. The van der Waals surface area contributed by atoms with Crippen LogP contribution in [-0.2, 0) is 4.74 Å². The fourth-order valence-electron chi connectivity index (χ4n) is 3.22. The molecule has 0 spiro atoms. The number of thioether (sulfide) groups is 1. The van der Waals surface area contributed by atoms with Crippen LogP contribution in [-0.4, -0.2) is 38.8 Å². The third-order valence-electron chi connectivity index (χ3n) is 4.51. The van der Waals surface area contributed by atoms with Crippen molar-refractivity contribution in [2.24, 2.45) is 0 Å². The summed E-state index contributed by atoms with van der Waals surface area (Å²) in [5.74, 6) is -0.188. The topological polar surface area (TPSA) is 12.5 Å². The number of allylic oxidation sites excluding steroid dienone is 4. The van der Waals surface area contributed by atoms with Crippen LogP contribution in [0.15, 0.2) is 53.0 Å². The maximum Gasteiger partial charge on any atom is 0.123 e. The van der Waals surface area contributed by atoms with Crippen molar-refractivity contribution in [3.8, 4) is 0 Å². The largest absolute Gasteiger partial charge is 0.376 e. The van der Waals surface area contributed by atoms with Gasteiger partial charge in [-0.1, -0.05) is 30.0 Å². The molecule has 0 amide bonds. The third kappa shape index (κ3) is 4.61. The second-order valence-electron chi connectivity index (χ2n) is 6.90. The van der Waals surface area contributed by atoms with Crippen LogP contribution in [0.5, 0.6) is 0 Å². The van der Waals surface area contributed by atoms with Gasteiger partial charge in [0.25, 0.3) is 0 Å². The monoisotopic (exact) mass is 435 g/mol. The highest BCUT2D eigenvalue weighted by Gasteiger charge is 2.17. The molecule has 2 aromatic rings. The van der Waals surface area contributed by atoms with E-state index in [9.17, 15) is 4.39 Å². The molecule has 28 heavy (non-hydrogen) atoms. The zero-order chi connectivity index (χ0) is 18.8. The number of nitrogens with zero attached hydrogens (tertiary/aromatic N) is 1. The first-order chi connectivity index (χ1) is 13.1. The van der Waals surface area contributed by atoms with E-state index in [-0.39, 0.29) is 18.2 Å². The van der Waals surface area contributed by atoms with Crippen molar-refractivity contribution < 1.29 is 9.13 Å². The minimum absolute atomic E-state index is 0. The molecule has 6 heteroatoms. The average Bonchev–Trinajstić information content (AvgIpc) is 2.89. The minimum Gasteiger partial charge on any atom is -0.376 e. The van der Waals surface area contributed by atoms with Crippen molar-refractivity contribution in [2.45, 2.75) is 6.42 Å². The lowest BCUT2D eigenvalue weighted by Gasteiger charge is -2.16. The number of benzene rings is 1. The van der Waals surface area contributed by atoms with Crippen LogP contribution < -0.4 is 9.75 Å². The highest BCUT2D eigenvalue weighted by atomic mass is 35.5. The van der Waals surface area contributed by atoms with E-state index >= 15 is 0 Å². The number of halogens is 2. The molecule has 1 aliphatic carbocycles. The average molecular weight is 436 g/mol. The molecular formula is C22H23ClFNOS2. The van der Waals surface area contributed by atoms with Crippen molar-refractivity contribution in [1.82, 2.24) is 4.90 Å². The Bertz CT molecular complexity index is 1080. The molecule has 1 aromatic heterocycles. The number of rotatable bonds is 6. The summed E-state index contributed by atoms with van der Waals surface area (Å²) in [6, 6.07) is 5.07. The number of fused-ring (bicyclic) bond motifs is 4. The minimum atomic E-state index is -0.188. The van der Waals surface area contributed by atoms with Crippen LogP contribution >= 0.6 is 35.5 Å². The molecule has 1 aromatic carbocycles. The molecule has 0 atom stereocenters. The highest BCUT2D eigenvalue weighted by molar-refractivity contribution is 8.11. The van der Waals surface area contributed by atoms with Gasteiger partial charge < -0.3 is 9.64 Å². The number of thiophene rings is 1. The van der Waals surface area contributed by atoms with Gasteiger partial charge in [0.1, 0.15) is 5.82 Å². The van der Waals surface area contributed by atoms with E-state index < -0.39 is 0 Å². The smallest absolute Gasteiger partial charge is 0.123 e. The van der Waals surface area contributed by atoms with E-state index in [1.54, 1.807) is 29.2 Å². The van der Waals surface area contributed by atoms with Crippen LogP contribution in [0.25, 0.3) is 21.1 Å². The standard InChI is InChI=1S/C22H22FNOS2.ClH/c1-24(2)11-4-12-25-14-17-9-7-15-5-3-6-20-21(22(15)26-17)18-13-16(23)8-10-19(18)27-20;/h3,5-10,13H,4,11-12,14H2,1-2H3;1H. The van der Waals surface area contributed by atoms with Crippen LogP contribution in [0.2, 0.25) is 0 Å². The van der Waals surface area contributed by atoms with Crippen molar-refractivity contribution in [3.63, 3.8) is 0 Å². The van der Waals surface area contributed by atoms with Crippen LogP contribution in [0.3, 0.4) is 0 Å². The number of hydrogen-bond acceptors (Lipinski definition) is 4. The van der Waals surface area contributed by atoms with Crippen molar-refractivity contribution >= 4 is 56.6 Å². The molecule has 0 saturated heterocycles. The van der Waals surface area contributed by atoms with Gasteiger partial charge in [-0.3, -0.25) is 0 Å². The number of ether oxygens (including phenoxy) is 1. The lowest BCUT2D eigenvalue weighted by Crippen LogP contribution is -2.21. The normalized spacial score (nSPS) is 15.4. The lowest BCUT2D eigenvalue weighted by molar-refractivity contribution is 0.150. The molecule has 0 saturated carbocycles. The quantitative estimate of drug-likeness (QED) is 0.622. The van der Waals surface area contributed by atoms with Gasteiger partial charge in [-0.25, -0.2) is 4.39 Å². The van der Waals surface area contributed by atoms with E-state index in [4.69, 9.17) is 4.74 Å². The third-order valence-corrected chi connectivity index (χ3v) is 6.81. The molecule has 0 fully saturated rings. The van der Waals surface area contributed by atoms with Crippen LogP contribution in [0.4, 0.5) is 4.39 Å². The zero-order valence-corrected chi connectivity index (χ0v) is 18.4. The van der Waals surface area contributed by atoms with E-state index in [1.807, 2.05) is 6.07 Å². The van der Waals surface area contributed by atoms with Gasteiger partial charge in [-0.15, -0.1) is 23.7 Å². The summed E-state index contributed by atoms with van der Waals surface area (Å²) in [6.07, 6.45) is 11.7. The molecule has 2 aliphatic rings. The fraction of sp³-hybridized carbons (Fsp3) is 0.273. The van der Waals surface area contributed by atoms with Gasteiger partial charge in [-0.05, 0) is 63.0 Å². The maximum absolute atomic E-state index is 13.9. The highest BCUT2D eigenvalue weighted by Crippen LogP contribution is 2.37. The van der Waals surface area contributed by atoms with Gasteiger partial charge in [-0.2, -0.15) is 0 Å². The first kappa shape index (κ1) is 21.3. The van der Waals surface area contributed by atoms with Crippen molar-refractivity contribution in [1.29, 1.82) is 0 Å². The maximum atomic E-state index is 13.9. The molecule has 0 N–H and O–H groups in total. The molecule has 0 unspecified atom stereocenters. The zero-order valence-electron chi connectivity index (χ0n) is 15.9. The fourth-order valence-corrected chi connectivity index (χ4v) is 5.51. The Hall–Kier alpha value is -1.37. The molecule has 1 aliphatic heterocycles. The second-order valence-corrected chi connectivity index (χ2v) is 9.12. The van der Waals surface area contributed by atoms with Crippen LogP contribution in [0.1, 0.15) is 6.42 Å². The Kier molecular flexibility index (Phi) is 7.18. The SMILES string of the molecule is CN(C)CCCOCC1=CC=C2C=CC=c3sc4ccc(F)cc4c3=C2S1.Cl. The van der Waals surface area contributed by atoms with Gasteiger partial charge in [0.05, 0.1) is 6.61 Å². The predicted molar refractivity (Wildman–Crippen MR) is 123 cm³/mol. The van der Waals surface area contributed by atoms with E-state index in [0.717, 1.165) is 34.9 Å². The molecule has 4 rings (SSSR count). The summed E-state index contributed by atoms with van der Waals surface area (Å²) in [4.78, 5) is 4.55. The molecule has 2 nitrogen and oxygen atoms in total. The van der Waals surface area contributed by atoms with Gasteiger partial charge in [0.2, 0.25) is 0 Å². The second kappa shape index (κ2) is 9.42. The summed E-state index contributed by atoms with van der Waals surface area (Å²) < 4.78 is 22.1. The molecule has 148 valence electrons. The van der Waals surface area contributed by atoms with E-state index in [0.29, 0.717) is 6.61 Å². The van der Waals surface area contributed by atoms with Gasteiger partial charge in [0, 0.05) is 36.3 Å². The Balaban J connectivity index is 0.00000225. The van der Waals surface area contributed by atoms with Crippen molar-refractivity contribution in [3.05, 3.63) is 68.5 Å². The van der Waals surface area contributed by atoms with Gasteiger partial charge >= 0.3 is 0 Å². The molecule has 2 heterocycles. The van der Waals surface area contributed by atoms with E-state index in [2.05, 4.69) is 49.4 Å². The summed E-state index contributed by atoms with van der Waals surface area (Å²) in [6.45, 7) is 2.40. The predicted octanol–water partition coefficient (Wildman–Crippen LogP) is 4.45. The summed E-state index contributed by atoms with van der Waals surface area (Å²) in [7, 11) is 4.15. The first-order valence-electron chi connectivity index (χ1n) is 9.04. The van der Waals surface area contributed by atoms with Crippen LogP contribution in [0, 0.1) is 5.82 Å². The Morgan fingerprint density at radius 3 is 2.82 bits per heavy atom. The molecule has 0 radical (unpaired) electrons.